The van der Waals surface area contributed by atoms with Gasteiger partial charge in [-0.1, -0.05) is 6.07 Å². The van der Waals surface area contributed by atoms with E-state index in [0.717, 1.165) is 31.6 Å². The van der Waals surface area contributed by atoms with E-state index in [1.54, 1.807) is 6.07 Å². The molecule has 0 saturated carbocycles. The Balaban J connectivity index is 2.05. The summed E-state index contributed by atoms with van der Waals surface area (Å²) in [7, 11) is 0. The van der Waals surface area contributed by atoms with Crippen molar-refractivity contribution in [2.45, 2.75) is 19.8 Å². The van der Waals surface area contributed by atoms with Crippen molar-refractivity contribution in [1.82, 2.24) is 0 Å². The van der Waals surface area contributed by atoms with Gasteiger partial charge in [0.1, 0.15) is 0 Å². The molecule has 4 nitrogen and oxygen atoms in total. The zero-order valence-corrected chi connectivity index (χ0v) is 11.3. The molecule has 0 amide bonds. The predicted octanol–water partition coefficient (Wildman–Crippen LogP) is 2.07. The summed E-state index contributed by atoms with van der Waals surface area (Å²) in [6.07, 6.45) is 1.96. The van der Waals surface area contributed by atoms with E-state index in [4.69, 9.17) is 9.84 Å². The van der Waals surface area contributed by atoms with Crippen molar-refractivity contribution in [1.29, 1.82) is 0 Å². The van der Waals surface area contributed by atoms with Crippen molar-refractivity contribution >= 4 is 11.7 Å². The van der Waals surface area contributed by atoms with Crippen LogP contribution in [0.4, 0.5) is 5.69 Å². The first kappa shape index (κ1) is 13.9. The molecule has 1 saturated heterocycles. The molecule has 0 radical (unpaired) electrons. The number of carbonyl (C=O) groups is 1. The summed E-state index contributed by atoms with van der Waals surface area (Å²) in [6, 6.07) is 7.58. The zero-order valence-electron chi connectivity index (χ0n) is 11.3. The molecule has 1 aliphatic heterocycles. The van der Waals surface area contributed by atoms with Crippen molar-refractivity contribution in [3.8, 4) is 0 Å². The molecule has 1 N–H and O–H groups in total. The maximum atomic E-state index is 11.7. The quantitative estimate of drug-likeness (QED) is 0.826. The van der Waals surface area contributed by atoms with Crippen LogP contribution in [0.2, 0.25) is 0 Å². The summed E-state index contributed by atoms with van der Waals surface area (Å²) in [5.74, 6) is 0.284. The van der Waals surface area contributed by atoms with Crippen LogP contribution in [-0.4, -0.2) is 37.4 Å². The van der Waals surface area contributed by atoms with Gasteiger partial charge in [-0.3, -0.25) is 0 Å². The van der Waals surface area contributed by atoms with Crippen LogP contribution in [-0.2, 0) is 4.74 Å². The van der Waals surface area contributed by atoms with Crippen molar-refractivity contribution in [2.24, 2.45) is 5.92 Å². The van der Waals surface area contributed by atoms with Gasteiger partial charge in [0, 0.05) is 25.4 Å². The summed E-state index contributed by atoms with van der Waals surface area (Å²) < 4.78 is 5.01. The number of carbonyl (C=O) groups excluding carboxylic acids is 1. The van der Waals surface area contributed by atoms with Crippen LogP contribution in [0.15, 0.2) is 24.3 Å². The maximum Gasteiger partial charge on any atom is 0.338 e. The summed E-state index contributed by atoms with van der Waals surface area (Å²) in [6.45, 7) is 4.39. The molecule has 19 heavy (non-hydrogen) atoms. The number of esters is 1. The van der Waals surface area contributed by atoms with Crippen LogP contribution in [0.3, 0.4) is 0 Å². The minimum atomic E-state index is -0.268. The molecule has 2 rings (SSSR count). The number of aliphatic hydroxyl groups excluding tert-OH is 1. The van der Waals surface area contributed by atoms with Gasteiger partial charge in [-0.2, -0.15) is 0 Å². The van der Waals surface area contributed by atoms with Crippen LogP contribution in [0.5, 0.6) is 0 Å². The molecule has 0 aliphatic carbocycles. The smallest absolute Gasteiger partial charge is 0.338 e. The maximum absolute atomic E-state index is 11.7. The van der Waals surface area contributed by atoms with Crippen molar-refractivity contribution in [3.05, 3.63) is 29.8 Å². The number of hydrogen-bond acceptors (Lipinski definition) is 4. The number of ether oxygens (including phenoxy) is 1. The molecular formula is C15H21NO3. The third-order valence-electron chi connectivity index (χ3n) is 3.55. The van der Waals surface area contributed by atoms with Crippen LogP contribution < -0.4 is 4.90 Å². The van der Waals surface area contributed by atoms with E-state index in [1.807, 2.05) is 25.1 Å². The second-order valence-corrected chi connectivity index (χ2v) is 4.88. The molecular weight excluding hydrogens is 242 g/mol. The van der Waals surface area contributed by atoms with Crippen LogP contribution in [0.1, 0.15) is 30.1 Å². The van der Waals surface area contributed by atoms with E-state index in [2.05, 4.69) is 4.90 Å². The molecule has 0 spiro atoms. The molecule has 1 heterocycles. The summed E-state index contributed by atoms with van der Waals surface area (Å²) in [5.41, 5.74) is 1.66. The Labute approximate surface area is 114 Å². The number of hydrogen-bond donors (Lipinski definition) is 1. The molecule has 1 unspecified atom stereocenters. The van der Waals surface area contributed by atoms with Gasteiger partial charge in [0.05, 0.1) is 12.2 Å². The summed E-state index contributed by atoms with van der Waals surface area (Å²) in [4.78, 5) is 14.0. The average molecular weight is 263 g/mol. The van der Waals surface area contributed by atoms with Gasteiger partial charge in [0.2, 0.25) is 0 Å². The second-order valence-electron chi connectivity index (χ2n) is 4.88. The Morgan fingerprint density at radius 2 is 2.37 bits per heavy atom. The number of anilines is 1. The minimum Gasteiger partial charge on any atom is -0.462 e. The molecule has 1 aromatic rings. The topological polar surface area (TPSA) is 49.8 Å². The fourth-order valence-electron chi connectivity index (χ4n) is 2.53. The van der Waals surface area contributed by atoms with Crippen molar-refractivity contribution in [3.63, 3.8) is 0 Å². The fourth-order valence-corrected chi connectivity index (χ4v) is 2.53. The molecule has 1 aliphatic rings. The van der Waals surface area contributed by atoms with E-state index in [1.165, 1.54) is 0 Å². The van der Waals surface area contributed by atoms with Gasteiger partial charge in [0.15, 0.2) is 0 Å². The molecule has 1 atom stereocenters. The zero-order chi connectivity index (χ0) is 13.7. The van der Waals surface area contributed by atoms with Crippen molar-refractivity contribution in [2.75, 3.05) is 31.2 Å². The predicted molar refractivity (Wildman–Crippen MR) is 74.4 cm³/mol. The SMILES string of the molecule is CCOC(=O)c1cccc(N2CCC(CCO)C2)c1. The van der Waals surface area contributed by atoms with Gasteiger partial charge in [-0.15, -0.1) is 0 Å². The average Bonchev–Trinajstić information content (AvgIpc) is 2.88. The lowest BCUT2D eigenvalue weighted by Crippen LogP contribution is -2.20. The summed E-state index contributed by atoms with van der Waals surface area (Å²) >= 11 is 0. The molecule has 4 heteroatoms. The lowest BCUT2D eigenvalue weighted by atomic mass is 10.1. The van der Waals surface area contributed by atoms with Crippen LogP contribution >= 0.6 is 0 Å². The Hall–Kier alpha value is -1.55. The number of rotatable bonds is 5. The highest BCUT2D eigenvalue weighted by molar-refractivity contribution is 5.90. The molecule has 0 bridgehead atoms. The third kappa shape index (κ3) is 3.47. The largest absolute Gasteiger partial charge is 0.462 e. The Kier molecular flexibility index (Phi) is 4.80. The lowest BCUT2D eigenvalue weighted by Gasteiger charge is -2.19. The Bertz CT molecular complexity index is 433. The van der Waals surface area contributed by atoms with E-state index in [0.29, 0.717) is 18.1 Å². The Morgan fingerprint density at radius 3 is 3.11 bits per heavy atom. The third-order valence-corrected chi connectivity index (χ3v) is 3.55. The van der Waals surface area contributed by atoms with E-state index >= 15 is 0 Å². The standard InChI is InChI=1S/C15H21NO3/c1-2-19-15(18)13-4-3-5-14(10-13)16-8-6-12(11-16)7-9-17/h3-5,10,12,17H,2,6-9,11H2,1H3. The number of aliphatic hydroxyl groups is 1. The van der Waals surface area contributed by atoms with Crippen molar-refractivity contribution < 1.29 is 14.6 Å². The highest BCUT2D eigenvalue weighted by Gasteiger charge is 2.22. The second kappa shape index (κ2) is 6.57. The normalized spacial score (nSPS) is 18.6. The van der Waals surface area contributed by atoms with Gasteiger partial charge in [-0.05, 0) is 43.9 Å². The lowest BCUT2D eigenvalue weighted by molar-refractivity contribution is 0.0526. The van der Waals surface area contributed by atoms with E-state index < -0.39 is 0 Å². The fraction of sp³-hybridized carbons (Fsp3) is 0.533. The highest BCUT2D eigenvalue weighted by atomic mass is 16.5. The first-order valence-electron chi connectivity index (χ1n) is 6.87. The van der Waals surface area contributed by atoms with Crippen LogP contribution in [0, 0.1) is 5.92 Å². The van der Waals surface area contributed by atoms with Gasteiger partial charge >= 0.3 is 5.97 Å². The molecule has 1 aromatic carbocycles. The van der Waals surface area contributed by atoms with E-state index in [9.17, 15) is 4.79 Å². The first-order valence-corrected chi connectivity index (χ1v) is 6.87. The highest BCUT2D eigenvalue weighted by Crippen LogP contribution is 2.26. The molecule has 1 fully saturated rings. The molecule has 0 aromatic heterocycles. The summed E-state index contributed by atoms with van der Waals surface area (Å²) in [5, 5.41) is 8.98. The van der Waals surface area contributed by atoms with Crippen LogP contribution in [0.25, 0.3) is 0 Å². The first-order chi connectivity index (χ1) is 9.24. The monoisotopic (exact) mass is 263 g/mol. The van der Waals surface area contributed by atoms with Gasteiger partial charge in [0.25, 0.3) is 0 Å². The van der Waals surface area contributed by atoms with Gasteiger partial charge < -0.3 is 14.7 Å². The number of nitrogens with zero attached hydrogens (tertiary/aromatic N) is 1. The Morgan fingerprint density at radius 1 is 1.53 bits per heavy atom. The van der Waals surface area contributed by atoms with Gasteiger partial charge in [-0.25, -0.2) is 4.79 Å². The number of benzene rings is 1. The molecule has 104 valence electrons. The minimum absolute atomic E-state index is 0.251. The van der Waals surface area contributed by atoms with E-state index in [-0.39, 0.29) is 12.6 Å².